The van der Waals surface area contributed by atoms with Gasteiger partial charge in [0.1, 0.15) is 5.75 Å². The highest BCUT2D eigenvalue weighted by molar-refractivity contribution is 9.10. The highest BCUT2D eigenvalue weighted by Gasteiger charge is 2.39. The number of nitrogens with zero attached hydrogens (tertiary/aromatic N) is 1. The summed E-state index contributed by atoms with van der Waals surface area (Å²) in [6.45, 7) is 5.91. The van der Waals surface area contributed by atoms with Crippen LogP contribution in [0.1, 0.15) is 18.4 Å². The van der Waals surface area contributed by atoms with Gasteiger partial charge in [-0.2, -0.15) is 0 Å². The minimum absolute atomic E-state index is 0. The topological polar surface area (TPSA) is 24.5 Å². The first-order valence-corrected chi connectivity index (χ1v) is 7.76. The number of hydrogen-bond acceptors (Lipinski definition) is 3. The van der Waals surface area contributed by atoms with Crippen molar-refractivity contribution in [3.05, 3.63) is 28.2 Å². The van der Waals surface area contributed by atoms with E-state index >= 15 is 0 Å². The number of nitrogens with one attached hydrogen (secondary N) is 1. The molecule has 0 radical (unpaired) electrons. The number of likely N-dealkylation sites (tertiary alicyclic amines) is 1. The van der Waals surface area contributed by atoms with Gasteiger partial charge in [-0.15, -0.1) is 12.4 Å². The second kappa shape index (κ2) is 6.65. The molecular weight excluding hydrogens is 340 g/mol. The number of ether oxygens (including phenoxy) is 1. The number of hydrogen-bond donors (Lipinski definition) is 1. The molecule has 0 bridgehead atoms. The number of methoxy groups -OCH3 is 1. The fraction of sp³-hybridized carbons (Fsp3) is 0.600. The van der Waals surface area contributed by atoms with Gasteiger partial charge in [0, 0.05) is 19.6 Å². The molecule has 0 aromatic heterocycles. The van der Waals surface area contributed by atoms with Gasteiger partial charge in [0.2, 0.25) is 0 Å². The quantitative estimate of drug-likeness (QED) is 0.895. The van der Waals surface area contributed by atoms with Crippen molar-refractivity contribution in [2.24, 2.45) is 5.41 Å². The lowest BCUT2D eigenvalue weighted by Gasteiger charge is -2.23. The van der Waals surface area contributed by atoms with E-state index in [-0.39, 0.29) is 12.4 Å². The van der Waals surface area contributed by atoms with E-state index in [2.05, 4.69) is 38.3 Å². The van der Waals surface area contributed by atoms with Crippen LogP contribution in [0.15, 0.2) is 22.7 Å². The molecule has 2 heterocycles. The second-order valence-corrected chi connectivity index (χ2v) is 6.71. The van der Waals surface area contributed by atoms with Crippen LogP contribution >= 0.6 is 28.3 Å². The molecule has 3 nitrogen and oxygen atoms in total. The average Bonchev–Trinajstić information content (AvgIpc) is 3.01. The van der Waals surface area contributed by atoms with Crippen LogP contribution in [0.4, 0.5) is 0 Å². The lowest BCUT2D eigenvalue weighted by molar-refractivity contribution is 0.268. The zero-order chi connectivity index (χ0) is 13.3. The van der Waals surface area contributed by atoms with Crippen molar-refractivity contribution in [2.75, 3.05) is 33.3 Å². The van der Waals surface area contributed by atoms with E-state index in [1.54, 1.807) is 7.11 Å². The van der Waals surface area contributed by atoms with E-state index in [4.69, 9.17) is 4.74 Å². The van der Waals surface area contributed by atoms with Crippen molar-refractivity contribution in [1.82, 2.24) is 10.2 Å². The number of halogens is 2. The minimum atomic E-state index is 0. The van der Waals surface area contributed by atoms with Crippen molar-refractivity contribution >= 4 is 28.3 Å². The van der Waals surface area contributed by atoms with Crippen molar-refractivity contribution in [3.63, 3.8) is 0 Å². The van der Waals surface area contributed by atoms with E-state index in [0.29, 0.717) is 5.41 Å². The molecule has 0 saturated carbocycles. The summed E-state index contributed by atoms with van der Waals surface area (Å²) in [7, 11) is 1.71. The van der Waals surface area contributed by atoms with Crippen molar-refractivity contribution in [1.29, 1.82) is 0 Å². The van der Waals surface area contributed by atoms with Gasteiger partial charge in [-0.05, 0) is 65.0 Å². The van der Waals surface area contributed by atoms with Gasteiger partial charge in [0.25, 0.3) is 0 Å². The third kappa shape index (κ3) is 3.30. The predicted molar refractivity (Wildman–Crippen MR) is 87.8 cm³/mol. The van der Waals surface area contributed by atoms with Crippen molar-refractivity contribution in [2.45, 2.75) is 19.4 Å². The zero-order valence-electron chi connectivity index (χ0n) is 11.8. The Bertz CT molecular complexity index is 463. The molecular formula is C15H22BrClN2O. The van der Waals surface area contributed by atoms with Gasteiger partial charge >= 0.3 is 0 Å². The minimum Gasteiger partial charge on any atom is -0.496 e. The molecule has 2 saturated heterocycles. The number of benzene rings is 1. The molecule has 0 amide bonds. The Hall–Kier alpha value is -0.290. The van der Waals surface area contributed by atoms with E-state index in [1.165, 1.54) is 44.6 Å². The van der Waals surface area contributed by atoms with Gasteiger partial charge in [-0.25, -0.2) is 0 Å². The summed E-state index contributed by atoms with van der Waals surface area (Å²) in [4.78, 5) is 2.58. The van der Waals surface area contributed by atoms with Gasteiger partial charge in [-0.1, -0.05) is 6.07 Å². The average molecular weight is 362 g/mol. The Balaban J connectivity index is 0.00000147. The summed E-state index contributed by atoms with van der Waals surface area (Å²) in [6, 6.07) is 6.39. The maximum atomic E-state index is 5.28. The first kappa shape index (κ1) is 16.1. The maximum absolute atomic E-state index is 5.28. The Kier molecular flexibility index (Phi) is 5.35. The monoisotopic (exact) mass is 360 g/mol. The second-order valence-electron chi connectivity index (χ2n) is 5.86. The van der Waals surface area contributed by atoms with E-state index < -0.39 is 0 Å². The van der Waals surface area contributed by atoms with Crippen LogP contribution in [0.25, 0.3) is 0 Å². The Morgan fingerprint density at radius 3 is 2.90 bits per heavy atom. The molecule has 1 spiro atoms. The lowest BCUT2D eigenvalue weighted by atomic mass is 9.86. The molecule has 2 aliphatic heterocycles. The fourth-order valence-electron chi connectivity index (χ4n) is 3.37. The van der Waals surface area contributed by atoms with Gasteiger partial charge in [0.05, 0.1) is 11.6 Å². The summed E-state index contributed by atoms with van der Waals surface area (Å²) in [5.41, 5.74) is 1.92. The predicted octanol–water partition coefficient (Wildman–Crippen LogP) is 3.06. The molecule has 5 heteroatoms. The molecule has 0 aliphatic carbocycles. The summed E-state index contributed by atoms with van der Waals surface area (Å²) < 4.78 is 6.32. The third-order valence-electron chi connectivity index (χ3n) is 4.47. The van der Waals surface area contributed by atoms with Gasteiger partial charge in [0.15, 0.2) is 0 Å². The van der Waals surface area contributed by atoms with Crippen LogP contribution in [0.5, 0.6) is 5.75 Å². The highest BCUT2D eigenvalue weighted by atomic mass is 79.9. The summed E-state index contributed by atoms with van der Waals surface area (Å²) in [5.74, 6) is 0.904. The molecule has 20 heavy (non-hydrogen) atoms. The molecule has 2 aliphatic rings. The molecule has 112 valence electrons. The SMILES string of the molecule is COc1ccc(CN2CCC3(CCNC3)C2)cc1Br.Cl. The Morgan fingerprint density at radius 1 is 1.40 bits per heavy atom. The van der Waals surface area contributed by atoms with Crippen LogP contribution < -0.4 is 10.1 Å². The molecule has 1 atom stereocenters. The van der Waals surface area contributed by atoms with Gasteiger partial charge < -0.3 is 10.1 Å². The van der Waals surface area contributed by atoms with Gasteiger partial charge in [-0.3, -0.25) is 4.90 Å². The highest BCUT2D eigenvalue weighted by Crippen LogP contribution is 2.37. The van der Waals surface area contributed by atoms with Crippen molar-refractivity contribution < 1.29 is 4.74 Å². The first-order chi connectivity index (χ1) is 9.21. The van der Waals surface area contributed by atoms with Crippen LogP contribution in [-0.4, -0.2) is 38.2 Å². The summed E-state index contributed by atoms with van der Waals surface area (Å²) in [5, 5.41) is 3.51. The van der Waals surface area contributed by atoms with E-state index in [1.807, 2.05) is 6.07 Å². The Morgan fingerprint density at radius 2 is 2.25 bits per heavy atom. The third-order valence-corrected chi connectivity index (χ3v) is 5.09. The standard InChI is InChI=1S/C15H21BrN2O.ClH/c1-19-14-3-2-12(8-13(14)16)9-18-7-5-15(11-18)4-6-17-10-15;/h2-3,8,17H,4-7,9-11H2,1H3;1H. The largest absolute Gasteiger partial charge is 0.496 e. The fourth-order valence-corrected chi connectivity index (χ4v) is 3.96. The summed E-state index contributed by atoms with van der Waals surface area (Å²) >= 11 is 3.56. The molecule has 2 fully saturated rings. The first-order valence-electron chi connectivity index (χ1n) is 6.96. The zero-order valence-corrected chi connectivity index (χ0v) is 14.2. The van der Waals surface area contributed by atoms with Crippen LogP contribution in [-0.2, 0) is 6.54 Å². The van der Waals surface area contributed by atoms with E-state index in [0.717, 1.165) is 16.8 Å². The molecule has 3 rings (SSSR count). The smallest absolute Gasteiger partial charge is 0.133 e. The van der Waals surface area contributed by atoms with Crippen LogP contribution in [0.2, 0.25) is 0 Å². The molecule has 1 aromatic rings. The number of rotatable bonds is 3. The maximum Gasteiger partial charge on any atom is 0.133 e. The van der Waals surface area contributed by atoms with Crippen LogP contribution in [0, 0.1) is 5.41 Å². The normalized spacial score (nSPS) is 25.9. The van der Waals surface area contributed by atoms with E-state index in [9.17, 15) is 0 Å². The van der Waals surface area contributed by atoms with Crippen molar-refractivity contribution in [3.8, 4) is 5.75 Å². The molecule has 1 N–H and O–H groups in total. The Labute approximate surface area is 135 Å². The molecule has 1 aromatic carbocycles. The molecule has 1 unspecified atom stereocenters. The summed E-state index contributed by atoms with van der Waals surface area (Å²) in [6.07, 6.45) is 2.69. The van der Waals surface area contributed by atoms with Crippen LogP contribution in [0.3, 0.4) is 0 Å². The lowest BCUT2D eigenvalue weighted by Crippen LogP contribution is -2.28.